The Morgan fingerprint density at radius 3 is 2.59 bits per heavy atom. The van der Waals surface area contributed by atoms with Gasteiger partial charge in [0.15, 0.2) is 23.0 Å². The van der Waals surface area contributed by atoms with Gasteiger partial charge in [-0.1, -0.05) is 35.5 Å². The van der Waals surface area contributed by atoms with Crippen molar-refractivity contribution in [2.75, 3.05) is 26.5 Å². The second-order valence-corrected chi connectivity index (χ2v) is 7.22. The lowest BCUT2D eigenvalue weighted by molar-refractivity contribution is 0.0943. The Labute approximate surface area is 188 Å². The van der Waals surface area contributed by atoms with Crippen LogP contribution >= 0.6 is 12.2 Å². The predicted molar refractivity (Wildman–Crippen MR) is 122 cm³/mol. The Kier molecular flexibility index (Phi) is 6.04. The smallest absolute Gasteiger partial charge is 0.273 e. The quantitative estimate of drug-likeness (QED) is 0.410. The zero-order chi connectivity index (χ0) is 22.7. The summed E-state index contributed by atoms with van der Waals surface area (Å²) in [5.41, 5.74) is 7.98. The summed E-state index contributed by atoms with van der Waals surface area (Å²) in [7, 11) is 3.09. The maximum absolute atomic E-state index is 12.5. The van der Waals surface area contributed by atoms with Gasteiger partial charge in [-0.2, -0.15) is 0 Å². The lowest BCUT2D eigenvalue weighted by Crippen LogP contribution is -2.28. The summed E-state index contributed by atoms with van der Waals surface area (Å²) >= 11 is 5.40. The number of hydrogen-bond acceptors (Lipinski definition) is 8. The second kappa shape index (κ2) is 9.06. The average Bonchev–Trinajstić information content (AvgIpc) is 3.31. The first kappa shape index (κ1) is 21.3. The number of aromatic nitrogens is 3. The van der Waals surface area contributed by atoms with Crippen molar-refractivity contribution >= 4 is 34.8 Å². The Hall–Kier alpha value is -3.92. The molecular weight excluding hydrogens is 430 g/mol. The highest BCUT2D eigenvalue weighted by Crippen LogP contribution is 2.33. The summed E-state index contributed by atoms with van der Waals surface area (Å²) in [6.07, 6.45) is 0. The standard InChI is InChI=1S/C22H21N5O4S/c1-29-18-10-14-15(11-19(18)30-2)25-22(32)27(20(14)23)9-8-24-21(28)16-12-17(31-26-16)13-6-4-3-5-7-13/h3-7,10-12H,8-9,23H2,1-2H3,(H,24,28). The van der Waals surface area contributed by atoms with Gasteiger partial charge in [-0.15, -0.1) is 0 Å². The van der Waals surface area contributed by atoms with Crippen LogP contribution in [0.25, 0.3) is 22.2 Å². The lowest BCUT2D eigenvalue weighted by Gasteiger charge is -2.15. The van der Waals surface area contributed by atoms with E-state index in [0.29, 0.717) is 45.3 Å². The van der Waals surface area contributed by atoms with Crippen molar-refractivity contribution in [2.24, 2.45) is 0 Å². The molecule has 0 radical (unpaired) electrons. The molecular formula is C22H21N5O4S. The molecule has 4 aromatic rings. The first-order chi connectivity index (χ1) is 15.5. The molecule has 0 spiro atoms. The zero-order valence-corrected chi connectivity index (χ0v) is 18.3. The van der Waals surface area contributed by atoms with Crippen LogP contribution < -0.4 is 20.5 Å². The third-order valence-corrected chi connectivity index (χ3v) is 5.25. The van der Waals surface area contributed by atoms with Crippen molar-refractivity contribution in [3.63, 3.8) is 0 Å². The van der Waals surface area contributed by atoms with Crippen LogP contribution in [0.2, 0.25) is 0 Å². The van der Waals surface area contributed by atoms with Crippen LogP contribution in [0.4, 0.5) is 5.82 Å². The number of nitrogen functional groups attached to an aromatic ring is 1. The van der Waals surface area contributed by atoms with E-state index in [1.54, 1.807) is 37.0 Å². The van der Waals surface area contributed by atoms with Gasteiger partial charge in [0, 0.05) is 36.2 Å². The maximum Gasteiger partial charge on any atom is 0.273 e. The molecule has 4 rings (SSSR count). The van der Waals surface area contributed by atoms with Gasteiger partial charge in [0.2, 0.25) is 4.77 Å². The molecule has 32 heavy (non-hydrogen) atoms. The molecule has 0 atom stereocenters. The summed E-state index contributed by atoms with van der Waals surface area (Å²) in [5, 5.41) is 7.32. The molecule has 2 aromatic carbocycles. The van der Waals surface area contributed by atoms with Gasteiger partial charge >= 0.3 is 0 Å². The molecule has 2 heterocycles. The largest absolute Gasteiger partial charge is 0.493 e. The highest BCUT2D eigenvalue weighted by atomic mass is 32.1. The van der Waals surface area contributed by atoms with Crippen LogP contribution in [0.15, 0.2) is 53.1 Å². The maximum atomic E-state index is 12.5. The monoisotopic (exact) mass is 451 g/mol. The second-order valence-electron chi connectivity index (χ2n) is 6.85. The Balaban J connectivity index is 1.49. The van der Waals surface area contributed by atoms with E-state index in [0.717, 1.165) is 5.56 Å². The molecule has 0 aliphatic carbocycles. The zero-order valence-electron chi connectivity index (χ0n) is 17.5. The number of benzene rings is 2. The number of rotatable bonds is 7. The van der Waals surface area contributed by atoms with Gasteiger partial charge in [0.1, 0.15) is 5.82 Å². The van der Waals surface area contributed by atoms with Gasteiger partial charge < -0.3 is 29.6 Å². The Morgan fingerprint density at radius 2 is 1.88 bits per heavy atom. The summed E-state index contributed by atoms with van der Waals surface area (Å²) in [6.45, 7) is 0.600. The average molecular weight is 452 g/mol. The van der Waals surface area contributed by atoms with Gasteiger partial charge in [-0.05, 0) is 18.3 Å². The lowest BCUT2D eigenvalue weighted by atomic mass is 10.1. The highest BCUT2D eigenvalue weighted by Gasteiger charge is 2.15. The molecule has 1 amide bonds. The van der Waals surface area contributed by atoms with Crippen molar-refractivity contribution < 1.29 is 18.8 Å². The predicted octanol–water partition coefficient (Wildman–Crippen LogP) is 3.45. The van der Waals surface area contributed by atoms with E-state index in [-0.39, 0.29) is 18.1 Å². The van der Waals surface area contributed by atoms with Crippen molar-refractivity contribution in [1.29, 1.82) is 0 Å². The topological polar surface area (TPSA) is 117 Å². The molecule has 10 heteroatoms. The summed E-state index contributed by atoms with van der Waals surface area (Å²) in [5.74, 6) is 1.65. The number of fused-ring (bicyclic) bond motifs is 1. The van der Waals surface area contributed by atoms with E-state index >= 15 is 0 Å². The fourth-order valence-electron chi connectivity index (χ4n) is 3.29. The number of nitrogens with zero attached hydrogens (tertiary/aromatic N) is 3. The van der Waals surface area contributed by atoms with E-state index in [1.807, 2.05) is 30.3 Å². The number of hydrogen-bond donors (Lipinski definition) is 2. The third-order valence-electron chi connectivity index (χ3n) is 4.94. The summed E-state index contributed by atoms with van der Waals surface area (Å²) in [4.78, 5) is 16.9. The van der Waals surface area contributed by atoms with Crippen LogP contribution in [-0.2, 0) is 6.54 Å². The fraction of sp³-hybridized carbons (Fsp3) is 0.182. The molecule has 0 unspecified atom stereocenters. The minimum atomic E-state index is -0.360. The Bertz CT molecular complexity index is 1330. The summed E-state index contributed by atoms with van der Waals surface area (Å²) in [6, 6.07) is 14.5. The van der Waals surface area contributed by atoms with Gasteiger partial charge in [0.05, 0.1) is 19.7 Å². The van der Waals surface area contributed by atoms with Crippen molar-refractivity contribution in [3.8, 4) is 22.8 Å². The van der Waals surface area contributed by atoms with Gasteiger partial charge in [0.25, 0.3) is 5.91 Å². The van der Waals surface area contributed by atoms with E-state index in [4.69, 9.17) is 31.9 Å². The van der Waals surface area contributed by atoms with E-state index in [1.165, 1.54) is 0 Å². The summed E-state index contributed by atoms with van der Waals surface area (Å²) < 4.78 is 17.9. The molecule has 0 saturated carbocycles. The number of carbonyl (C=O) groups excluding carboxylic acids is 1. The number of amides is 1. The van der Waals surface area contributed by atoms with E-state index < -0.39 is 0 Å². The molecule has 164 valence electrons. The van der Waals surface area contributed by atoms with Gasteiger partial charge in [-0.25, -0.2) is 4.98 Å². The van der Waals surface area contributed by atoms with E-state index in [9.17, 15) is 4.79 Å². The van der Waals surface area contributed by atoms with Crippen LogP contribution in [0.5, 0.6) is 11.5 Å². The first-order valence-electron chi connectivity index (χ1n) is 9.74. The minimum absolute atomic E-state index is 0.189. The van der Waals surface area contributed by atoms with Crippen LogP contribution in [-0.4, -0.2) is 41.4 Å². The molecule has 9 nitrogen and oxygen atoms in total. The number of ether oxygens (including phenoxy) is 2. The molecule has 0 saturated heterocycles. The van der Waals surface area contributed by atoms with Gasteiger partial charge in [-0.3, -0.25) is 4.79 Å². The minimum Gasteiger partial charge on any atom is -0.493 e. The number of anilines is 1. The molecule has 3 N–H and O–H groups in total. The van der Waals surface area contributed by atoms with Crippen molar-refractivity contribution in [2.45, 2.75) is 6.54 Å². The normalized spacial score (nSPS) is 10.8. The van der Waals surface area contributed by atoms with E-state index in [2.05, 4.69) is 15.5 Å². The number of carbonyl (C=O) groups is 1. The number of nitrogens with one attached hydrogen (secondary N) is 1. The third kappa shape index (κ3) is 4.12. The molecule has 0 bridgehead atoms. The highest BCUT2D eigenvalue weighted by molar-refractivity contribution is 7.71. The fourth-order valence-corrected chi connectivity index (χ4v) is 3.57. The first-order valence-corrected chi connectivity index (χ1v) is 10.1. The molecule has 0 aliphatic heterocycles. The van der Waals surface area contributed by atoms with Crippen molar-refractivity contribution in [3.05, 3.63) is 59.0 Å². The van der Waals surface area contributed by atoms with Crippen LogP contribution in [0, 0.1) is 4.77 Å². The SMILES string of the molecule is COc1cc2nc(=S)n(CCNC(=O)c3cc(-c4ccccc4)on3)c(N)c2cc1OC. The number of nitrogens with two attached hydrogens (primary N) is 1. The van der Waals surface area contributed by atoms with Crippen LogP contribution in [0.3, 0.4) is 0 Å². The molecule has 0 aliphatic rings. The van der Waals surface area contributed by atoms with Crippen molar-refractivity contribution in [1.82, 2.24) is 20.0 Å². The number of methoxy groups -OCH3 is 2. The molecule has 2 aromatic heterocycles. The van der Waals surface area contributed by atoms with Crippen LogP contribution in [0.1, 0.15) is 10.5 Å². The molecule has 0 fully saturated rings. The Morgan fingerprint density at radius 1 is 1.16 bits per heavy atom.